The number of hydrogen-bond donors (Lipinski definition) is 2. The summed E-state index contributed by atoms with van der Waals surface area (Å²) in [6.07, 6.45) is 3.99. The molecule has 0 unspecified atom stereocenters. The predicted molar refractivity (Wildman–Crippen MR) is 84.7 cm³/mol. The first-order chi connectivity index (χ1) is 10.9. The Bertz CT molecular complexity index is 517. The Kier molecular flexibility index (Phi) is 4.31. The summed E-state index contributed by atoms with van der Waals surface area (Å²) in [4.78, 5) is 40.3. The molecule has 3 fully saturated rings. The summed E-state index contributed by atoms with van der Waals surface area (Å²) < 4.78 is 0. The van der Waals surface area contributed by atoms with Crippen molar-refractivity contribution in [2.75, 3.05) is 26.2 Å². The first-order valence-corrected chi connectivity index (χ1v) is 8.58. The minimum atomic E-state index is -0.869. The molecular weight excluding hydrogens is 296 g/mol. The van der Waals surface area contributed by atoms with E-state index in [2.05, 4.69) is 15.5 Å². The number of piperidine rings is 1. The summed E-state index contributed by atoms with van der Waals surface area (Å²) in [7, 11) is 0. The Morgan fingerprint density at radius 1 is 1.22 bits per heavy atom. The quantitative estimate of drug-likeness (QED) is 0.733. The number of amides is 4. The van der Waals surface area contributed by atoms with Gasteiger partial charge in [0.15, 0.2) is 0 Å². The molecule has 0 aromatic carbocycles. The van der Waals surface area contributed by atoms with Crippen molar-refractivity contribution in [3.63, 3.8) is 0 Å². The van der Waals surface area contributed by atoms with E-state index in [9.17, 15) is 14.4 Å². The molecule has 3 heterocycles. The van der Waals surface area contributed by atoms with Crippen molar-refractivity contribution in [2.24, 2.45) is 5.92 Å². The normalized spacial score (nSPS) is 33.5. The summed E-state index contributed by atoms with van der Waals surface area (Å²) >= 11 is 0. The maximum atomic E-state index is 12.6. The average molecular weight is 322 g/mol. The maximum absolute atomic E-state index is 12.6. The molecule has 4 amide bonds. The van der Waals surface area contributed by atoms with Crippen molar-refractivity contribution in [3.05, 3.63) is 0 Å². The van der Waals surface area contributed by atoms with Crippen LogP contribution in [0.15, 0.2) is 0 Å². The summed E-state index contributed by atoms with van der Waals surface area (Å²) in [6.45, 7) is 6.98. The molecule has 0 spiro atoms. The van der Waals surface area contributed by atoms with E-state index in [-0.39, 0.29) is 23.8 Å². The standard InChI is InChI=1S/C16H26N4O3/c1-11(13(21)19-7-3-4-8-19)20-9-5-6-12(10-20)16(2)14(22)17-15(23)18-16/h11-12H,3-10H2,1-2H3,(H2,17,18,22,23)/t11-,12+,16+/m1/s1. The molecule has 0 bridgehead atoms. The van der Waals surface area contributed by atoms with Crippen LogP contribution in [0.5, 0.6) is 0 Å². The van der Waals surface area contributed by atoms with Crippen LogP contribution >= 0.6 is 0 Å². The molecule has 7 nitrogen and oxygen atoms in total. The SMILES string of the molecule is C[C@H](C(=O)N1CCCC1)N1CCC[C@H]([C@]2(C)NC(=O)NC2=O)C1. The van der Waals surface area contributed by atoms with Crippen LogP contribution in [-0.2, 0) is 9.59 Å². The van der Waals surface area contributed by atoms with Gasteiger partial charge in [0.05, 0.1) is 6.04 Å². The number of likely N-dealkylation sites (tertiary alicyclic amines) is 2. The lowest BCUT2D eigenvalue weighted by Crippen LogP contribution is -2.58. The van der Waals surface area contributed by atoms with Gasteiger partial charge in [0.25, 0.3) is 5.91 Å². The zero-order valence-electron chi connectivity index (χ0n) is 13.9. The van der Waals surface area contributed by atoms with E-state index < -0.39 is 11.6 Å². The van der Waals surface area contributed by atoms with E-state index in [1.807, 2.05) is 11.8 Å². The number of hydrogen-bond acceptors (Lipinski definition) is 4. The number of imide groups is 1. The van der Waals surface area contributed by atoms with Crippen LogP contribution in [0.2, 0.25) is 0 Å². The van der Waals surface area contributed by atoms with Crippen molar-refractivity contribution in [3.8, 4) is 0 Å². The van der Waals surface area contributed by atoms with Crippen LogP contribution in [-0.4, -0.2) is 65.4 Å². The van der Waals surface area contributed by atoms with E-state index >= 15 is 0 Å². The van der Waals surface area contributed by atoms with Crippen LogP contribution in [0, 0.1) is 5.92 Å². The Morgan fingerprint density at radius 3 is 2.52 bits per heavy atom. The summed E-state index contributed by atoms with van der Waals surface area (Å²) in [5.74, 6) is -0.0439. The fraction of sp³-hybridized carbons (Fsp3) is 0.812. The fourth-order valence-corrected chi connectivity index (χ4v) is 4.03. The van der Waals surface area contributed by atoms with Crippen molar-refractivity contribution in [2.45, 2.75) is 51.1 Å². The van der Waals surface area contributed by atoms with Crippen LogP contribution < -0.4 is 10.6 Å². The Hall–Kier alpha value is -1.63. The summed E-state index contributed by atoms with van der Waals surface area (Å²) in [5.41, 5.74) is -0.869. The first-order valence-electron chi connectivity index (χ1n) is 8.58. The Labute approximate surface area is 136 Å². The average Bonchev–Trinajstić information content (AvgIpc) is 3.15. The molecule has 3 rings (SSSR count). The molecule has 3 atom stereocenters. The molecule has 3 aliphatic heterocycles. The second-order valence-electron chi connectivity index (χ2n) is 7.15. The number of urea groups is 1. The molecule has 0 radical (unpaired) electrons. The minimum Gasteiger partial charge on any atom is -0.341 e. The topological polar surface area (TPSA) is 81.8 Å². The van der Waals surface area contributed by atoms with Crippen molar-refractivity contribution < 1.29 is 14.4 Å². The molecule has 7 heteroatoms. The number of rotatable bonds is 3. The highest BCUT2D eigenvalue weighted by Crippen LogP contribution is 2.30. The second-order valence-corrected chi connectivity index (χ2v) is 7.15. The van der Waals surface area contributed by atoms with Crippen molar-refractivity contribution in [1.29, 1.82) is 0 Å². The lowest BCUT2D eigenvalue weighted by Gasteiger charge is -2.42. The monoisotopic (exact) mass is 322 g/mol. The van der Waals surface area contributed by atoms with E-state index in [1.54, 1.807) is 6.92 Å². The summed E-state index contributed by atoms with van der Waals surface area (Å²) in [6, 6.07) is -0.588. The van der Waals surface area contributed by atoms with Crippen LogP contribution in [0.25, 0.3) is 0 Å². The molecule has 2 N–H and O–H groups in total. The van der Waals surface area contributed by atoms with Crippen molar-refractivity contribution in [1.82, 2.24) is 20.4 Å². The van der Waals surface area contributed by atoms with Crippen LogP contribution in [0.3, 0.4) is 0 Å². The zero-order chi connectivity index (χ0) is 16.6. The van der Waals surface area contributed by atoms with E-state index in [0.29, 0.717) is 6.54 Å². The largest absolute Gasteiger partial charge is 0.341 e. The second kappa shape index (κ2) is 6.11. The maximum Gasteiger partial charge on any atom is 0.322 e. The van der Waals surface area contributed by atoms with Gasteiger partial charge in [0.1, 0.15) is 5.54 Å². The lowest BCUT2D eigenvalue weighted by molar-refractivity contribution is -0.136. The molecular formula is C16H26N4O3. The minimum absolute atomic E-state index is 0.0246. The third-order valence-corrected chi connectivity index (χ3v) is 5.66. The Morgan fingerprint density at radius 2 is 1.91 bits per heavy atom. The van der Waals surface area contributed by atoms with E-state index in [1.165, 1.54) is 0 Å². The van der Waals surface area contributed by atoms with Crippen LogP contribution in [0.4, 0.5) is 4.79 Å². The highest BCUT2D eigenvalue weighted by atomic mass is 16.2. The summed E-state index contributed by atoms with van der Waals surface area (Å²) in [5, 5.41) is 5.11. The van der Waals surface area contributed by atoms with Gasteiger partial charge < -0.3 is 10.2 Å². The Balaban J connectivity index is 1.67. The molecule has 3 aliphatic rings. The molecule has 3 saturated heterocycles. The lowest BCUT2D eigenvalue weighted by atomic mass is 9.79. The van der Waals surface area contributed by atoms with E-state index in [0.717, 1.165) is 45.3 Å². The van der Waals surface area contributed by atoms with Gasteiger partial charge in [-0.1, -0.05) is 0 Å². The van der Waals surface area contributed by atoms with Gasteiger partial charge in [0, 0.05) is 25.6 Å². The van der Waals surface area contributed by atoms with Gasteiger partial charge in [-0.15, -0.1) is 0 Å². The third-order valence-electron chi connectivity index (χ3n) is 5.66. The molecule has 0 aliphatic carbocycles. The number of carbonyl (C=O) groups excluding carboxylic acids is 3. The zero-order valence-corrected chi connectivity index (χ0v) is 13.9. The number of nitrogens with zero attached hydrogens (tertiary/aromatic N) is 2. The highest BCUT2D eigenvalue weighted by Gasteiger charge is 2.49. The van der Waals surface area contributed by atoms with Gasteiger partial charge in [-0.25, -0.2) is 4.79 Å². The highest BCUT2D eigenvalue weighted by molar-refractivity contribution is 6.07. The smallest absolute Gasteiger partial charge is 0.322 e. The molecule has 128 valence electrons. The van der Waals surface area contributed by atoms with Gasteiger partial charge in [-0.3, -0.25) is 19.8 Å². The van der Waals surface area contributed by atoms with Crippen LogP contribution in [0.1, 0.15) is 39.5 Å². The van der Waals surface area contributed by atoms with Crippen molar-refractivity contribution >= 4 is 17.8 Å². The van der Waals surface area contributed by atoms with Gasteiger partial charge in [0.2, 0.25) is 5.91 Å². The molecule has 0 aromatic heterocycles. The fourth-order valence-electron chi connectivity index (χ4n) is 4.03. The number of nitrogens with one attached hydrogen (secondary N) is 2. The third kappa shape index (κ3) is 2.94. The predicted octanol–water partition coefficient (Wildman–Crippen LogP) is 0.307. The molecule has 23 heavy (non-hydrogen) atoms. The van der Waals surface area contributed by atoms with E-state index in [4.69, 9.17) is 0 Å². The molecule has 0 aromatic rings. The number of carbonyl (C=O) groups is 3. The van der Waals surface area contributed by atoms with Gasteiger partial charge in [-0.2, -0.15) is 0 Å². The molecule has 0 saturated carbocycles. The van der Waals surface area contributed by atoms with Gasteiger partial charge in [-0.05, 0) is 46.1 Å². The van der Waals surface area contributed by atoms with Gasteiger partial charge >= 0.3 is 6.03 Å². The first kappa shape index (κ1) is 16.2.